The molecule has 0 fully saturated rings. The Bertz CT molecular complexity index is 672. The Kier molecular flexibility index (Phi) is 2.79. The Morgan fingerprint density at radius 1 is 1.32 bits per heavy atom. The molecule has 0 saturated heterocycles. The molecular weight excluding hydrogens is 244 g/mol. The molecule has 3 rings (SSSR count). The molecule has 3 heterocycles. The Balaban J connectivity index is 1.92. The molecule has 0 aliphatic heterocycles. The van der Waals surface area contributed by atoms with Gasteiger partial charge in [-0.1, -0.05) is 5.16 Å². The van der Waals surface area contributed by atoms with Crippen LogP contribution in [-0.4, -0.2) is 30.1 Å². The van der Waals surface area contributed by atoms with Crippen molar-refractivity contribution < 1.29 is 4.52 Å². The normalized spacial score (nSPS) is 11.1. The van der Waals surface area contributed by atoms with Crippen LogP contribution in [0.1, 0.15) is 19.9 Å². The van der Waals surface area contributed by atoms with Crippen molar-refractivity contribution in [3.63, 3.8) is 0 Å². The van der Waals surface area contributed by atoms with E-state index in [-0.39, 0.29) is 6.04 Å². The molecule has 7 heteroatoms. The summed E-state index contributed by atoms with van der Waals surface area (Å²) < 4.78 is 7.05. The molecule has 0 amide bonds. The summed E-state index contributed by atoms with van der Waals surface area (Å²) in [4.78, 5) is 4.29. The molecule has 0 unspecified atom stereocenters. The smallest absolute Gasteiger partial charge is 0.261 e. The molecule has 0 spiro atoms. The van der Waals surface area contributed by atoms with Crippen LogP contribution in [0.15, 0.2) is 35.2 Å². The van der Waals surface area contributed by atoms with E-state index in [9.17, 15) is 0 Å². The maximum Gasteiger partial charge on any atom is 0.261 e. The van der Waals surface area contributed by atoms with Crippen LogP contribution in [0.2, 0.25) is 0 Å². The number of hydrogen-bond donors (Lipinski definition) is 0. The maximum absolute atomic E-state index is 5.22. The van der Waals surface area contributed by atoms with Crippen LogP contribution >= 0.6 is 0 Å². The second-order valence-electron chi connectivity index (χ2n) is 4.33. The Morgan fingerprint density at radius 2 is 2.21 bits per heavy atom. The van der Waals surface area contributed by atoms with Crippen LogP contribution in [0.3, 0.4) is 0 Å². The Hall–Kier alpha value is -2.57. The Labute approximate surface area is 109 Å². The van der Waals surface area contributed by atoms with E-state index in [1.165, 1.54) is 0 Å². The second-order valence-corrected chi connectivity index (χ2v) is 4.33. The van der Waals surface area contributed by atoms with Gasteiger partial charge in [-0.05, 0) is 26.0 Å². The van der Waals surface area contributed by atoms with Crippen LogP contribution in [0.5, 0.6) is 0 Å². The van der Waals surface area contributed by atoms with Crippen LogP contribution < -0.4 is 0 Å². The molecule has 0 aliphatic rings. The van der Waals surface area contributed by atoms with Crippen LogP contribution in [0.4, 0.5) is 0 Å². The molecule has 0 atom stereocenters. The van der Waals surface area contributed by atoms with E-state index < -0.39 is 0 Å². The number of hydrogen-bond acceptors (Lipinski definition) is 6. The fraction of sp³-hybridized carbons (Fsp3) is 0.250. The molecule has 96 valence electrons. The molecule has 3 aromatic rings. The fourth-order valence-corrected chi connectivity index (χ4v) is 1.60. The van der Waals surface area contributed by atoms with E-state index in [1.807, 2.05) is 10.9 Å². The van der Waals surface area contributed by atoms with Crippen LogP contribution in [-0.2, 0) is 0 Å². The van der Waals surface area contributed by atoms with Gasteiger partial charge in [-0.15, -0.1) is 5.10 Å². The van der Waals surface area contributed by atoms with E-state index >= 15 is 0 Å². The third kappa shape index (κ3) is 2.22. The van der Waals surface area contributed by atoms with E-state index in [1.54, 1.807) is 24.5 Å². The van der Waals surface area contributed by atoms with Gasteiger partial charge in [0.2, 0.25) is 5.82 Å². The summed E-state index contributed by atoms with van der Waals surface area (Å²) in [5, 5.41) is 15.8. The van der Waals surface area contributed by atoms with E-state index in [4.69, 9.17) is 4.52 Å². The van der Waals surface area contributed by atoms with Crippen molar-refractivity contribution in [3.05, 3.63) is 30.7 Å². The minimum atomic E-state index is 0.288. The van der Waals surface area contributed by atoms with Gasteiger partial charge >= 0.3 is 0 Å². The van der Waals surface area contributed by atoms with Crippen molar-refractivity contribution in [3.8, 4) is 23.0 Å². The largest absolute Gasteiger partial charge is 0.333 e. The zero-order valence-electron chi connectivity index (χ0n) is 10.6. The summed E-state index contributed by atoms with van der Waals surface area (Å²) in [6, 6.07) is 3.84. The molecular formula is C12H12N6O. The highest BCUT2D eigenvalue weighted by Gasteiger charge is 2.13. The van der Waals surface area contributed by atoms with E-state index in [0.717, 1.165) is 5.56 Å². The van der Waals surface area contributed by atoms with Crippen molar-refractivity contribution >= 4 is 0 Å². The first-order valence-corrected chi connectivity index (χ1v) is 5.90. The lowest BCUT2D eigenvalue weighted by atomic mass is 10.3. The summed E-state index contributed by atoms with van der Waals surface area (Å²) in [6.07, 6.45) is 5.17. The minimum absolute atomic E-state index is 0.288. The average Bonchev–Trinajstić information content (AvgIpc) is 3.09. The third-order valence-corrected chi connectivity index (χ3v) is 2.60. The predicted molar refractivity (Wildman–Crippen MR) is 66.9 cm³/mol. The average molecular weight is 256 g/mol. The summed E-state index contributed by atoms with van der Waals surface area (Å²) in [6.45, 7) is 4.10. The highest BCUT2D eigenvalue weighted by atomic mass is 16.5. The van der Waals surface area contributed by atoms with Gasteiger partial charge in [0.1, 0.15) is 5.69 Å². The zero-order valence-corrected chi connectivity index (χ0v) is 10.6. The third-order valence-electron chi connectivity index (χ3n) is 2.60. The molecule has 7 nitrogen and oxygen atoms in total. The summed E-state index contributed by atoms with van der Waals surface area (Å²) >= 11 is 0. The van der Waals surface area contributed by atoms with Crippen molar-refractivity contribution in [1.29, 1.82) is 0 Å². The molecule has 0 aromatic carbocycles. The molecule has 0 N–H and O–H groups in total. The first kappa shape index (κ1) is 11.5. The highest BCUT2D eigenvalue weighted by molar-refractivity contribution is 5.55. The number of nitrogens with zero attached hydrogens (tertiary/aromatic N) is 6. The van der Waals surface area contributed by atoms with Gasteiger partial charge in [0.25, 0.3) is 5.89 Å². The van der Waals surface area contributed by atoms with Crippen molar-refractivity contribution in [2.75, 3.05) is 0 Å². The van der Waals surface area contributed by atoms with Crippen molar-refractivity contribution in [1.82, 2.24) is 30.1 Å². The summed E-state index contributed by atoms with van der Waals surface area (Å²) in [7, 11) is 0. The highest BCUT2D eigenvalue weighted by Crippen LogP contribution is 2.20. The quantitative estimate of drug-likeness (QED) is 0.712. The van der Waals surface area contributed by atoms with Gasteiger partial charge in [-0.3, -0.25) is 4.68 Å². The molecule has 3 aromatic heterocycles. The number of aromatic nitrogens is 6. The number of rotatable bonds is 3. The SMILES string of the molecule is CC(C)n1cc(-c2nc(-c3cccnn3)no2)cn1. The van der Waals surface area contributed by atoms with E-state index in [2.05, 4.69) is 39.3 Å². The fourth-order valence-electron chi connectivity index (χ4n) is 1.60. The lowest BCUT2D eigenvalue weighted by Gasteiger charge is -2.02. The minimum Gasteiger partial charge on any atom is -0.333 e. The molecule has 19 heavy (non-hydrogen) atoms. The van der Waals surface area contributed by atoms with E-state index in [0.29, 0.717) is 17.4 Å². The van der Waals surface area contributed by atoms with Gasteiger partial charge in [-0.2, -0.15) is 15.2 Å². The van der Waals surface area contributed by atoms with Gasteiger partial charge in [0.15, 0.2) is 0 Å². The zero-order chi connectivity index (χ0) is 13.2. The summed E-state index contributed by atoms with van der Waals surface area (Å²) in [5.74, 6) is 0.841. The molecule has 0 bridgehead atoms. The van der Waals surface area contributed by atoms with Crippen molar-refractivity contribution in [2.24, 2.45) is 0 Å². The van der Waals surface area contributed by atoms with Gasteiger partial charge < -0.3 is 4.52 Å². The topological polar surface area (TPSA) is 82.5 Å². The second kappa shape index (κ2) is 4.60. The lowest BCUT2D eigenvalue weighted by Crippen LogP contribution is -1.99. The maximum atomic E-state index is 5.22. The standard InChI is InChI=1S/C12H12N6O/c1-8(2)18-7-9(6-14-18)12-15-11(17-19-12)10-4-3-5-13-16-10/h3-8H,1-2H3. The lowest BCUT2D eigenvalue weighted by molar-refractivity contribution is 0.432. The Morgan fingerprint density at radius 3 is 2.89 bits per heavy atom. The molecule has 0 radical (unpaired) electrons. The monoisotopic (exact) mass is 256 g/mol. The molecule has 0 saturated carbocycles. The van der Waals surface area contributed by atoms with Crippen LogP contribution in [0, 0.1) is 0 Å². The van der Waals surface area contributed by atoms with Crippen LogP contribution in [0.25, 0.3) is 23.0 Å². The first-order valence-electron chi connectivity index (χ1n) is 5.90. The van der Waals surface area contributed by atoms with Crippen molar-refractivity contribution in [2.45, 2.75) is 19.9 Å². The van der Waals surface area contributed by atoms with Gasteiger partial charge in [0.05, 0.1) is 11.8 Å². The van der Waals surface area contributed by atoms with Gasteiger partial charge in [-0.25, -0.2) is 0 Å². The van der Waals surface area contributed by atoms with Gasteiger partial charge in [0, 0.05) is 18.4 Å². The summed E-state index contributed by atoms with van der Waals surface area (Å²) in [5.41, 5.74) is 1.37. The predicted octanol–water partition coefficient (Wildman–Crippen LogP) is 1.97. The molecule has 0 aliphatic carbocycles. The first-order chi connectivity index (χ1) is 9.24.